The number of rotatable bonds is 9. The minimum absolute atomic E-state index is 0.0766. The Morgan fingerprint density at radius 3 is 2.58 bits per heavy atom. The number of piperidine rings is 1. The number of carbonyl (C=O) groups excluding carboxylic acids is 1. The maximum Gasteiger partial charge on any atom is 0.221 e. The normalized spacial score (nSPS) is 17.1. The Hall–Kier alpha value is -1.30. The molecule has 6 nitrogen and oxygen atoms in total. The molecule has 1 aliphatic rings. The van der Waals surface area contributed by atoms with Crippen molar-refractivity contribution in [2.45, 2.75) is 59.4 Å². The standard InChI is InChI=1S/C18H37N5O/c1-5-19-18(21-11-7-17(24)22-15(2)3)20-10-6-12-23-13-8-16(4)9-14-23/h15-16H,5-14H2,1-4H3,(H,22,24)(H2,19,20,21). The lowest BCUT2D eigenvalue weighted by molar-refractivity contribution is -0.121. The van der Waals surface area contributed by atoms with Crippen molar-refractivity contribution in [3.8, 4) is 0 Å². The summed E-state index contributed by atoms with van der Waals surface area (Å²) in [5.74, 6) is 1.77. The minimum Gasteiger partial charge on any atom is -0.357 e. The Kier molecular flexibility index (Phi) is 10.5. The number of amides is 1. The van der Waals surface area contributed by atoms with Gasteiger partial charge in [0.1, 0.15) is 0 Å². The van der Waals surface area contributed by atoms with E-state index in [2.05, 4.69) is 39.7 Å². The lowest BCUT2D eigenvalue weighted by Crippen LogP contribution is -2.40. The van der Waals surface area contributed by atoms with Gasteiger partial charge in [-0.05, 0) is 65.6 Å². The lowest BCUT2D eigenvalue weighted by Gasteiger charge is -2.29. The number of carbonyl (C=O) groups is 1. The molecular formula is C18H37N5O. The quantitative estimate of drug-likeness (QED) is 0.339. The molecule has 0 spiro atoms. The maximum absolute atomic E-state index is 11.6. The molecule has 1 heterocycles. The van der Waals surface area contributed by atoms with Crippen LogP contribution in [0.1, 0.15) is 53.4 Å². The zero-order valence-corrected chi connectivity index (χ0v) is 16.0. The van der Waals surface area contributed by atoms with Crippen molar-refractivity contribution in [1.29, 1.82) is 0 Å². The number of hydrogen-bond acceptors (Lipinski definition) is 3. The van der Waals surface area contributed by atoms with E-state index in [-0.39, 0.29) is 11.9 Å². The number of likely N-dealkylation sites (tertiary alicyclic amines) is 1. The Bertz CT molecular complexity index is 376. The summed E-state index contributed by atoms with van der Waals surface area (Å²) in [5, 5.41) is 9.36. The van der Waals surface area contributed by atoms with E-state index in [0.717, 1.165) is 37.9 Å². The molecule has 0 aromatic heterocycles. The van der Waals surface area contributed by atoms with Crippen LogP contribution in [-0.4, -0.2) is 62.1 Å². The van der Waals surface area contributed by atoms with Gasteiger partial charge in [-0.3, -0.25) is 9.79 Å². The predicted octanol–water partition coefficient (Wildman–Crippen LogP) is 1.58. The molecule has 0 aromatic rings. The van der Waals surface area contributed by atoms with Crippen LogP contribution in [-0.2, 0) is 4.79 Å². The smallest absolute Gasteiger partial charge is 0.221 e. The monoisotopic (exact) mass is 339 g/mol. The molecule has 140 valence electrons. The summed E-state index contributed by atoms with van der Waals surface area (Å²) in [6.45, 7) is 14.2. The molecule has 0 aromatic carbocycles. The van der Waals surface area contributed by atoms with Gasteiger partial charge in [-0.25, -0.2) is 0 Å². The van der Waals surface area contributed by atoms with Crippen LogP contribution in [0.2, 0.25) is 0 Å². The van der Waals surface area contributed by atoms with Crippen LogP contribution in [0.5, 0.6) is 0 Å². The second-order valence-corrected chi connectivity index (χ2v) is 7.04. The second-order valence-electron chi connectivity index (χ2n) is 7.04. The molecule has 0 radical (unpaired) electrons. The first kappa shape index (κ1) is 20.7. The molecule has 1 saturated heterocycles. The van der Waals surface area contributed by atoms with Crippen LogP contribution < -0.4 is 16.0 Å². The van der Waals surface area contributed by atoms with Crippen LogP contribution >= 0.6 is 0 Å². The molecule has 1 aliphatic heterocycles. The van der Waals surface area contributed by atoms with Gasteiger partial charge in [0.15, 0.2) is 5.96 Å². The fourth-order valence-electron chi connectivity index (χ4n) is 2.80. The number of aliphatic imine (C=N–C) groups is 1. The van der Waals surface area contributed by atoms with E-state index in [1.54, 1.807) is 0 Å². The lowest BCUT2D eigenvalue weighted by atomic mass is 9.99. The zero-order chi connectivity index (χ0) is 17.8. The van der Waals surface area contributed by atoms with Gasteiger partial charge in [0.05, 0.1) is 0 Å². The SMILES string of the molecule is CCNC(=NCCCN1CCC(C)CC1)NCCC(=O)NC(C)C. The topological polar surface area (TPSA) is 68.8 Å². The highest BCUT2D eigenvalue weighted by atomic mass is 16.1. The summed E-state index contributed by atoms with van der Waals surface area (Å²) in [6.07, 6.45) is 4.20. The van der Waals surface area contributed by atoms with Crippen molar-refractivity contribution in [2.75, 3.05) is 39.3 Å². The molecule has 24 heavy (non-hydrogen) atoms. The summed E-state index contributed by atoms with van der Waals surface area (Å²) < 4.78 is 0. The predicted molar refractivity (Wildman–Crippen MR) is 101 cm³/mol. The van der Waals surface area contributed by atoms with Gasteiger partial charge in [-0.15, -0.1) is 0 Å². The van der Waals surface area contributed by atoms with Crippen molar-refractivity contribution in [3.05, 3.63) is 0 Å². The summed E-state index contributed by atoms with van der Waals surface area (Å²) in [5.41, 5.74) is 0. The third-order valence-corrected chi connectivity index (χ3v) is 4.22. The summed E-state index contributed by atoms with van der Waals surface area (Å²) in [4.78, 5) is 18.8. The first-order valence-electron chi connectivity index (χ1n) is 9.55. The zero-order valence-electron chi connectivity index (χ0n) is 16.0. The number of nitrogens with zero attached hydrogens (tertiary/aromatic N) is 2. The minimum atomic E-state index is 0.0766. The molecule has 1 fully saturated rings. The van der Waals surface area contributed by atoms with E-state index in [0.29, 0.717) is 13.0 Å². The molecule has 0 aliphatic carbocycles. The second kappa shape index (κ2) is 12.1. The van der Waals surface area contributed by atoms with Crippen molar-refractivity contribution >= 4 is 11.9 Å². The van der Waals surface area contributed by atoms with E-state index < -0.39 is 0 Å². The first-order valence-corrected chi connectivity index (χ1v) is 9.55. The first-order chi connectivity index (χ1) is 11.5. The molecule has 1 rings (SSSR count). The fourth-order valence-corrected chi connectivity index (χ4v) is 2.80. The van der Waals surface area contributed by atoms with Crippen LogP contribution in [0, 0.1) is 5.92 Å². The number of nitrogens with one attached hydrogen (secondary N) is 3. The average molecular weight is 340 g/mol. The van der Waals surface area contributed by atoms with Gasteiger partial charge in [-0.2, -0.15) is 0 Å². The number of hydrogen-bond donors (Lipinski definition) is 3. The third kappa shape index (κ3) is 9.75. The Morgan fingerprint density at radius 2 is 1.96 bits per heavy atom. The molecule has 0 unspecified atom stereocenters. The van der Waals surface area contributed by atoms with E-state index in [9.17, 15) is 4.79 Å². The van der Waals surface area contributed by atoms with Crippen molar-refractivity contribution in [3.63, 3.8) is 0 Å². The van der Waals surface area contributed by atoms with E-state index in [1.807, 2.05) is 13.8 Å². The van der Waals surface area contributed by atoms with Crippen LogP contribution in [0.15, 0.2) is 4.99 Å². The third-order valence-electron chi connectivity index (χ3n) is 4.22. The van der Waals surface area contributed by atoms with Gasteiger partial charge in [0, 0.05) is 32.1 Å². The highest BCUT2D eigenvalue weighted by Gasteiger charge is 2.14. The fraction of sp³-hybridized carbons (Fsp3) is 0.889. The molecule has 3 N–H and O–H groups in total. The molecular weight excluding hydrogens is 302 g/mol. The highest BCUT2D eigenvalue weighted by molar-refractivity contribution is 5.81. The van der Waals surface area contributed by atoms with Crippen LogP contribution in [0.4, 0.5) is 0 Å². The Balaban J connectivity index is 2.20. The van der Waals surface area contributed by atoms with Gasteiger partial charge in [0.25, 0.3) is 0 Å². The molecule has 0 atom stereocenters. The van der Waals surface area contributed by atoms with Crippen molar-refractivity contribution in [1.82, 2.24) is 20.9 Å². The van der Waals surface area contributed by atoms with Crippen molar-refractivity contribution < 1.29 is 4.79 Å². The maximum atomic E-state index is 11.6. The molecule has 6 heteroatoms. The summed E-state index contributed by atoms with van der Waals surface area (Å²) >= 11 is 0. The summed E-state index contributed by atoms with van der Waals surface area (Å²) in [6, 6.07) is 0.192. The van der Waals surface area contributed by atoms with Crippen molar-refractivity contribution in [2.24, 2.45) is 10.9 Å². The van der Waals surface area contributed by atoms with E-state index in [4.69, 9.17) is 0 Å². The molecule has 0 bridgehead atoms. The van der Waals surface area contributed by atoms with Gasteiger partial charge in [0.2, 0.25) is 5.91 Å². The van der Waals surface area contributed by atoms with Gasteiger partial charge in [-0.1, -0.05) is 6.92 Å². The highest BCUT2D eigenvalue weighted by Crippen LogP contribution is 2.15. The van der Waals surface area contributed by atoms with E-state index >= 15 is 0 Å². The molecule has 0 saturated carbocycles. The Labute approximate surface area is 147 Å². The summed E-state index contributed by atoms with van der Waals surface area (Å²) in [7, 11) is 0. The molecule has 1 amide bonds. The number of guanidine groups is 1. The van der Waals surface area contributed by atoms with Crippen LogP contribution in [0.25, 0.3) is 0 Å². The van der Waals surface area contributed by atoms with Gasteiger partial charge >= 0.3 is 0 Å². The van der Waals surface area contributed by atoms with E-state index in [1.165, 1.54) is 25.9 Å². The Morgan fingerprint density at radius 1 is 1.25 bits per heavy atom. The average Bonchev–Trinajstić information content (AvgIpc) is 2.52. The van der Waals surface area contributed by atoms with Gasteiger partial charge < -0.3 is 20.9 Å². The van der Waals surface area contributed by atoms with Crippen LogP contribution in [0.3, 0.4) is 0 Å². The largest absolute Gasteiger partial charge is 0.357 e.